The van der Waals surface area contributed by atoms with E-state index in [2.05, 4.69) is 15.1 Å². The first-order valence-corrected chi connectivity index (χ1v) is 10.2. The van der Waals surface area contributed by atoms with Gasteiger partial charge in [0.2, 0.25) is 5.91 Å². The number of rotatable bonds is 5. The Bertz CT molecular complexity index is 1060. The third kappa shape index (κ3) is 4.01. The van der Waals surface area contributed by atoms with Crippen LogP contribution in [0.5, 0.6) is 5.75 Å². The molecule has 2 aromatic rings. The topological polar surface area (TPSA) is 119 Å². The first-order valence-electron chi connectivity index (χ1n) is 8.74. The molecule has 1 atom stereocenters. The predicted molar refractivity (Wildman–Crippen MR) is 101 cm³/mol. The van der Waals surface area contributed by atoms with E-state index in [4.69, 9.17) is 4.74 Å². The first-order chi connectivity index (χ1) is 13.1. The van der Waals surface area contributed by atoms with E-state index < -0.39 is 22.0 Å². The minimum atomic E-state index is -4.08. The van der Waals surface area contributed by atoms with Crippen LogP contribution in [0.1, 0.15) is 30.2 Å². The van der Waals surface area contributed by atoms with Gasteiger partial charge in [0.1, 0.15) is 5.75 Å². The molecule has 1 aromatic carbocycles. The zero-order chi connectivity index (χ0) is 20.6. The minimum Gasteiger partial charge on any atom is -0.479 e. The molecule has 1 aromatic heterocycles. The average Bonchev–Trinajstić information content (AvgIpc) is 2.91. The predicted octanol–water partition coefficient (Wildman–Crippen LogP) is 1.19. The summed E-state index contributed by atoms with van der Waals surface area (Å²) in [5.41, 5.74) is 2.48. The first kappa shape index (κ1) is 19.9. The molecule has 2 heterocycles. The fourth-order valence-corrected chi connectivity index (χ4v) is 4.29. The van der Waals surface area contributed by atoms with Crippen LogP contribution in [0.4, 0.5) is 5.69 Å². The number of nitrogens with one attached hydrogen (secondary N) is 2. The van der Waals surface area contributed by atoms with Crippen molar-refractivity contribution in [2.24, 2.45) is 7.05 Å². The number of sulfonamides is 1. The number of nitrogens with zero attached hydrogens (tertiary/aromatic N) is 2. The van der Waals surface area contributed by atoms with E-state index in [1.807, 2.05) is 6.92 Å². The maximum Gasteiger partial charge on any atom is 0.265 e. The second-order valence-corrected chi connectivity index (χ2v) is 8.46. The molecule has 10 heteroatoms. The summed E-state index contributed by atoms with van der Waals surface area (Å²) in [7, 11) is -2.29. The van der Waals surface area contributed by atoms with Gasteiger partial charge in [0.25, 0.3) is 15.9 Å². The third-order valence-electron chi connectivity index (χ3n) is 4.48. The molecule has 0 unspecified atom stereocenters. The SMILES string of the molecule is Cc1cc2c(cc1S(=O)(=O)NC(=O)CCc1cn(C)nc1C)O[C@@H](C)C(=O)N2. The van der Waals surface area contributed by atoms with Gasteiger partial charge < -0.3 is 10.1 Å². The van der Waals surface area contributed by atoms with Crippen molar-refractivity contribution in [3.8, 4) is 5.75 Å². The number of ether oxygens (including phenoxy) is 1. The molecule has 9 nitrogen and oxygen atoms in total. The van der Waals surface area contributed by atoms with Crippen LogP contribution in [0.2, 0.25) is 0 Å². The smallest absolute Gasteiger partial charge is 0.265 e. The monoisotopic (exact) mass is 406 g/mol. The molecule has 150 valence electrons. The van der Waals surface area contributed by atoms with Gasteiger partial charge in [0, 0.05) is 25.7 Å². The molecule has 0 saturated carbocycles. The largest absolute Gasteiger partial charge is 0.479 e. The van der Waals surface area contributed by atoms with Crippen LogP contribution in [0.3, 0.4) is 0 Å². The van der Waals surface area contributed by atoms with Crippen molar-refractivity contribution in [2.75, 3.05) is 5.32 Å². The maximum atomic E-state index is 12.7. The Morgan fingerprint density at radius 1 is 1.36 bits per heavy atom. The molecule has 0 saturated heterocycles. The summed E-state index contributed by atoms with van der Waals surface area (Å²) in [4.78, 5) is 23.8. The Hall–Kier alpha value is -2.88. The Balaban J connectivity index is 1.75. The average molecular weight is 406 g/mol. The number of aryl methyl sites for hydroxylation is 4. The van der Waals surface area contributed by atoms with Crippen LogP contribution in [-0.2, 0) is 33.1 Å². The second-order valence-electron chi connectivity index (χ2n) is 6.81. The van der Waals surface area contributed by atoms with Gasteiger partial charge in [-0.3, -0.25) is 14.3 Å². The zero-order valence-electron chi connectivity index (χ0n) is 16.1. The Morgan fingerprint density at radius 2 is 2.07 bits per heavy atom. The lowest BCUT2D eigenvalue weighted by atomic mass is 10.1. The molecule has 28 heavy (non-hydrogen) atoms. The van der Waals surface area contributed by atoms with Crippen LogP contribution in [0.15, 0.2) is 23.2 Å². The van der Waals surface area contributed by atoms with E-state index in [-0.39, 0.29) is 23.0 Å². The molecular formula is C18H22N4O5S. The van der Waals surface area contributed by atoms with Crippen molar-refractivity contribution in [2.45, 2.75) is 44.6 Å². The van der Waals surface area contributed by atoms with Crippen LogP contribution < -0.4 is 14.8 Å². The lowest BCUT2D eigenvalue weighted by Gasteiger charge is -2.24. The zero-order valence-corrected chi connectivity index (χ0v) is 16.9. The Morgan fingerprint density at radius 3 is 2.71 bits per heavy atom. The van der Waals surface area contributed by atoms with Crippen molar-refractivity contribution in [3.05, 3.63) is 35.2 Å². The Labute approximate surface area is 163 Å². The quantitative estimate of drug-likeness (QED) is 0.770. The number of aromatic nitrogens is 2. The highest BCUT2D eigenvalue weighted by atomic mass is 32.2. The molecule has 0 spiro atoms. The van der Waals surface area contributed by atoms with Crippen molar-refractivity contribution < 1.29 is 22.7 Å². The minimum absolute atomic E-state index is 0.0132. The standard InChI is InChI=1S/C18H22N4O5S/c1-10-7-14-15(27-12(3)18(24)19-14)8-16(10)28(25,26)21-17(23)6-5-13-9-22(4)20-11(13)2/h7-9,12H,5-6H2,1-4H3,(H,19,24)(H,21,23)/t12-/m0/s1. The van der Waals surface area contributed by atoms with E-state index in [1.165, 1.54) is 12.1 Å². The van der Waals surface area contributed by atoms with Crippen molar-refractivity contribution in [1.82, 2.24) is 14.5 Å². The normalized spacial score (nSPS) is 16.1. The molecule has 2 amide bonds. The van der Waals surface area contributed by atoms with Gasteiger partial charge in [-0.25, -0.2) is 13.1 Å². The highest BCUT2D eigenvalue weighted by Gasteiger charge is 2.28. The molecule has 3 rings (SSSR count). The number of hydrogen-bond acceptors (Lipinski definition) is 6. The fraction of sp³-hybridized carbons (Fsp3) is 0.389. The summed E-state index contributed by atoms with van der Waals surface area (Å²) in [5, 5.41) is 6.86. The van der Waals surface area contributed by atoms with Gasteiger partial charge in [0.05, 0.1) is 16.3 Å². The van der Waals surface area contributed by atoms with E-state index in [1.54, 1.807) is 31.8 Å². The van der Waals surface area contributed by atoms with Gasteiger partial charge in [-0.1, -0.05) is 0 Å². The van der Waals surface area contributed by atoms with E-state index in [0.717, 1.165) is 11.3 Å². The van der Waals surface area contributed by atoms with Crippen LogP contribution in [0, 0.1) is 13.8 Å². The van der Waals surface area contributed by atoms with Gasteiger partial charge in [0.15, 0.2) is 6.10 Å². The van der Waals surface area contributed by atoms with Crippen molar-refractivity contribution >= 4 is 27.5 Å². The van der Waals surface area contributed by atoms with Crippen LogP contribution in [-0.4, -0.2) is 36.1 Å². The summed E-state index contributed by atoms with van der Waals surface area (Å²) in [5.74, 6) is -0.666. The molecular weight excluding hydrogens is 384 g/mol. The van der Waals surface area contributed by atoms with Crippen LogP contribution in [0.25, 0.3) is 0 Å². The molecule has 2 N–H and O–H groups in total. The fourth-order valence-electron chi connectivity index (χ4n) is 3.03. The summed E-state index contributed by atoms with van der Waals surface area (Å²) in [6, 6.07) is 2.83. The van der Waals surface area contributed by atoms with Gasteiger partial charge in [-0.2, -0.15) is 5.10 Å². The molecule has 0 fully saturated rings. The van der Waals surface area contributed by atoms with E-state index in [0.29, 0.717) is 17.7 Å². The van der Waals surface area contributed by atoms with Gasteiger partial charge in [-0.15, -0.1) is 0 Å². The highest BCUT2D eigenvalue weighted by Crippen LogP contribution is 2.34. The summed E-state index contributed by atoms with van der Waals surface area (Å²) >= 11 is 0. The van der Waals surface area contributed by atoms with E-state index in [9.17, 15) is 18.0 Å². The van der Waals surface area contributed by atoms with Gasteiger partial charge in [-0.05, 0) is 44.4 Å². The summed E-state index contributed by atoms with van der Waals surface area (Å²) in [6.07, 6.45) is 1.47. The number of anilines is 1. The van der Waals surface area contributed by atoms with Crippen molar-refractivity contribution in [1.29, 1.82) is 0 Å². The molecule has 0 aliphatic carbocycles. The summed E-state index contributed by atoms with van der Waals surface area (Å²) in [6.45, 7) is 4.98. The Kier molecular flexibility index (Phi) is 5.16. The molecule has 0 bridgehead atoms. The number of hydrogen-bond donors (Lipinski definition) is 2. The molecule has 1 aliphatic rings. The highest BCUT2D eigenvalue weighted by molar-refractivity contribution is 7.90. The number of benzene rings is 1. The van der Waals surface area contributed by atoms with Crippen molar-refractivity contribution in [3.63, 3.8) is 0 Å². The second kappa shape index (κ2) is 7.27. The maximum absolute atomic E-state index is 12.7. The van der Waals surface area contributed by atoms with E-state index >= 15 is 0 Å². The third-order valence-corrected chi connectivity index (χ3v) is 6.00. The number of carbonyl (C=O) groups excluding carboxylic acids is 2. The summed E-state index contributed by atoms with van der Waals surface area (Å²) < 4.78 is 34.6. The number of amides is 2. The molecule has 0 radical (unpaired) electrons. The number of fused-ring (bicyclic) bond motifs is 1. The number of carbonyl (C=O) groups is 2. The lowest BCUT2D eigenvalue weighted by Crippen LogP contribution is -2.35. The van der Waals surface area contributed by atoms with Crippen LogP contribution >= 0.6 is 0 Å². The molecule has 1 aliphatic heterocycles. The van der Waals surface area contributed by atoms with Gasteiger partial charge >= 0.3 is 0 Å². The lowest BCUT2D eigenvalue weighted by molar-refractivity contribution is -0.122.